The van der Waals surface area contributed by atoms with E-state index in [2.05, 4.69) is 37.4 Å². The summed E-state index contributed by atoms with van der Waals surface area (Å²) in [6, 6.07) is 8.33. The molecular weight excluding hydrogens is 250 g/mol. The van der Waals surface area contributed by atoms with Gasteiger partial charge in [0.25, 0.3) is 0 Å². The SMILES string of the molecule is CCCNCC1CCC(COc2cccc(CC)c2)O1. The third kappa shape index (κ3) is 4.80. The predicted octanol–water partition coefficient (Wildman–Crippen LogP) is 3.18. The first-order chi connectivity index (χ1) is 9.81. The molecule has 0 aromatic heterocycles. The van der Waals surface area contributed by atoms with Crippen molar-refractivity contribution in [3.05, 3.63) is 29.8 Å². The molecule has 1 heterocycles. The molecule has 0 spiro atoms. The van der Waals surface area contributed by atoms with Crippen LogP contribution in [0.4, 0.5) is 0 Å². The Morgan fingerprint density at radius 3 is 2.90 bits per heavy atom. The minimum absolute atomic E-state index is 0.244. The Labute approximate surface area is 122 Å². The Balaban J connectivity index is 1.69. The van der Waals surface area contributed by atoms with E-state index in [1.807, 2.05) is 6.07 Å². The predicted molar refractivity (Wildman–Crippen MR) is 82.4 cm³/mol. The van der Waals surface area contributed by atoms with Crippen LogP contribution in [0.1, 0.15) is 38.7 Å². The van der Waals surface area contributed by atoms with Gasteiger partial charge in [-0.15, -0.1) is 0 Å². The first-order valence-electron chi connectivity index (χ1n) is 7.89. The van der Waals surface area contributed by atoms with Gasteiger partial charge in [0.1, 0.15) is 12.4 Å². The van der Waals surface area contributed by atoms with Crippen LogP contribution in [0.3, 0.4) is 0 Å². The molecule has 3 heteroatoms. The molecule has 1 aliphatic rings. The summed E-state index contributed by atoms with van der Waals surface area (Å²) < 4.78 is 11.9. The second-order valence-electron chi connectivity index (χ2n) is 5.47. The number of benzene rings is 1. The lowest BCUT2D eigenvalue weighted by Crippen LogP contribution is -2.28. The van der Waals surface area contributed by atoms with Crippen LogP contribution in [-0.4, -0.2) is 31.9 Å². The highest BCUT2D eigenvalue weighted by Crippen LogP contribution is 2.21. The van der Waals surface area contributed by atoms with Gasteiger partial charge in [0.05, 0.1) is 12.2 Å². The van der Waals surface area contributed by atoms with Crippen LogP contribution in [0.5, 0.6) is 5.75 Å². The summed E-state index contributed by atoms with van der Waals surface area (Å²) in [7, 11) is 0. The van der Waals surface area contributed by atoms with Crippen LogP contribution in [0, 0.1) is 0 Å². The zero-order chi connectivity index (χ0) is 14.2. The Kier molecular flexibility index (Phi) is 6.34. The van der Waals surface area contributed by atoms with Crippen molar-refractivity contribution in [1.82, 2.24) is 5.32 Å². The molecule has 0 radical (unpaired) electrons. The van der Waals surface area contributed by atoms with Crippen molar-refractivity contribution in [1.29, 1.82) is 0 Å². The van der Waals surface area contributed by atoms with E-state index >= 15 is 0 Å². The maximum atomic E-state index is 6.00. The normalized spacial score (nSPS) is 22.1. The smallest absolute Gasteiger partial charge is 0.119 e. The Morgan fingerprint density at radius 2 is 2.10 bits per heavy atom. The number of aryl methyl sites for hydroxylation is 1. The average Bonchev–Trinajstić information content (AvgIpc) is 2.94. The van der Waals surface area contributed by atoms with E-state index in [1.165, 1.54) is 12.0 Å². The van der Waals surface area contributed by atoms with Gasteiger partial charge in [-0.1, -0.05) is 26.0 Å². The minimum atomic E-state index is 0.244. The van der Waals surface area contributed by atoms with Crippen molar-refractivity contribution in [2.24, 2.45) is 0 Å². The molecule has 0 amide bonds. The van der Waals surface area contributed by atoms with Gasteiger partial charge in [-0.25, -0.2) is 0 Å². The number of ether oxygens (including phenoxy) is 2. The molecular formula is C17H27NO2. The molecule has 1 fully saturated rings. The Morgan fingerprint density at radius 1 is 1.25 bits per heavy atom. The minimum Gasteiger partial charge on any atom is -0.491 e. The fourth-order valence-electron chi connectivity index (χ4n) is 2.54. The molecule has 1 aromatic carbocycles. The van der Waals surface area contributed by atoms with Gasteiger partial charge in [-0.2, -0.15) is 0 Å². The summed E-state index contributed by atoms with van der Waals surface area (Å²) in [6.45, 7) is 7.05. The van der Waals surface area contributed by atoms with Gasteiger partial charge >= 0.3 is 0 Å². The van der Waals surface area contributed by atoms with Gasteiger partial charge in [0.2, 0.25) is 0 Å². The summed E-state index contributed by atoms with van der Waals surface area (Å²) in [4.78, 5) is 0. The first kappa shape index (κ1) is 15.3. The van der Waals surface area contributed by atoms with E-state index in [0.29, 0.717) is 12.7 Å². The number of hydrogen-bond acceptors (Lipinski definition) is 3. The molecule has 0 saturated carbocycles. The highest BCUT2D eigenvalue weighted by atomic mass is 16.5. The highest BCUT2D eigenvalue weighted by Gasteiger charge is 2.25. The molecule has 2 unspecified atom stereocenters. The molecule has 0 aliphatic carbocycles. The molecule has 1 aliphatic heterocycles. The van der Waals surface area contributed by atoms with Crippen LogP contribution in [0.15, 0.2) is 24.3 Å². The van der Waals surface area contributed by atoms with Crippen LogP contribution < -0.4 is 10.1 Å². The molecule has 3 nitrogen and oxygen atoms in total. The lowest BCUT2D eigenvalue weighted by Gasteiger charge is -2.15. The molecule has 2 atom stereocenters. The van der Waals surface area contributed by atoms with E-state index in [-0.39, 0.29) is 6.10 Å². The summed E-state index contributed by atoms with van der Waals surface area (Å²) in [5.41, 5.74) is 1.32. The van der Waals surface area contributed by atoms with E-state index in [0.717, 1.165) is 38.1 Å². The zero-order valence-electron chi connectivity index (χ0n) is 12.7. The molecule has 0 bridgehead atoms. The number of rotatable bonds is 8. The summed E-state index contributed by atoms with van der Waals surface area (Å²) >= 11 is 0. The van der Waals surface area contributed by atoms with E-state index in [4.69, 9.17) is 9.47 Å². The van der Waals surface area contributed by atoms with E-state index in [9.17, 15) is 0 Å². The van der Waals surface area contributed by atoms with Crippen LogP contribution in [-0.2, 0) is 11.2 Å². The fourth-order valence-corrected chi connectivity index (χ4v) is 2.54. The lowest BCUT2D eigenvalue weighted by atomic mass is 10.1. The van der Waals surface area contributed by atoms with E-state index in [1.54, 1.807) is 0 Å². The van der Waals surface area contributed by atoms with Gasteiger partial charge in [0, 0.05) is 6.54 Å². The first-order valence-corrected chi connectivity index (χ1v) is 7.89. The number of nitrogens with one attached hydrogen (secondary N) is 1. The third-order valence-corrected chi connectivity index (χ3v) is 3.74. The Hall–Kier alpha value is -1.06. The molecule has 112 valence electrons. The van der Waals surface area contributed by atoms with Gasteiger partial charge in [-0.3, -0.25) is 0 Å². The van der Waals surface area contributed by atoms with Crippen LogP contribution in [0.25, 0.3) is 0 Å². The fraction of sp³-hybridized carbons (Fsp3) is 0.647. The van der Waals surface area contributed by atoms with Gasteiger partial charge in [0.15, 0.2) is 0 Å². The standard InChI is InChI=1S/C17H27NO2/c1-3-10-18-12-16-8-9-17(20-16)13-19-15-7-5-6-14(4-2)11-15/h5-7,11,16-18H,3-4,8-10,12-13H2,1-2H3. The topological polar surface area (TPSA) is 30.5 Å². The molecule has 1 N–H and O–H groups in total. The molecule has 1 aromatic rings. The quantitative estimate of drug-likeness (QED) is 0.740. The second kappa shape index (κ2) is 8.28. The van der Waals surface area contributed by atoms with Crippen molar-refractivity contribution in [2.45, 2.75) is 51.7 Å². The molecule has 20 heavy (non-hydrogen) atoms. The van der Waals surface area contributed by atoms with Crippen LogP contribution >= 0.6 is 0 Å². The van der Waals surface area contributed by atoms with Crippen molar-refractivity contribution < 1.29 is 9.47 Å². The van der Waals surface area contributed by atoms with E-state index < -0.39 is 0 Å². The van der Waals surface area contributed by atoms with Crippen molar-refractivity contribution in [3.8, 4) is 5.75 Å². The van der Waals surface area contributed by atoms with Crippen molar-refractivity contribution in [3.63, 3.8) is 0 Å². The number of hydrogen-bond donors (Lipinski definition) is 1. The summed E-state index contributed by atoms with van der Waals surface area (Å²) in [5.74, 6) is 0.959. The van der Waals surface area contributed by atoms with Crippen molar-refractivity contribution in [2.75, 3.05) is 19.7 Å². The maximum Gasteiger partial charge on any atom is 0.119 e. The molecule has 2 rings (SSSR count). The Bertz CT molecular complexity index is 394. The van der Waals surface area contributed by atoms with Gasteiger partial charge < -0.3 is 14.8 Å². The van der Waals surface area contributed by atoms with Gasteiger partial charge in [-0.05, 0) is 49.9 Å². The lowest BCUT2D eigenvalue weighted by molar-refractivity contribution is 0.0186. The highest BCUT2D eigenvalue weighted by molar-refractivity contribution is 5.28. The maximum absolute atomic E-state index is 6.00. The monoisotopic (exact) mass is 277 g/mol. The zero-order valence-corrected chi connectivity index (χ0v) is 12.7. The van der Waals surface area contributed by atoms with Crippen LogP contribution in [0.2, 0.25) is 0 Å². The second-order valence-corrected chi connectivity index (χ2v) is 5.47. The average molecular weight is 277 g/mol. The summed E-state index contributed by atoms with van der Waals surface area (Å²) in [6.07, 6.45) is 5.06. The van der Waals surface area contributed by atoms with Crippen molar-refractivity contribution >= 4 is 0 Å². The summed E-state index contributed by atoms with van der Waals surface area (Å²) in [5, 5.41) is 3.42. The largest absolute Gasteiger partial charge is 0.491 e. The molecule has 1 saturated heterocycles. The third-order valence-electron chi connectivity index (χ3n) is 3.74.